The number of anilines is 1. The second-order valence-corrected chi connectivity index (χ2v) is 8.41. The van der Waals surface area contributed by atoms with Crippen LogP contribution in [-0.4, -0.2) is 64.9 Å². The largest absolute Gasteiger partial charge is 0.410 e. The number of thiophene rings is 1. The van der Waals surface area contributed by atoms with Gasteiger partial charge < -0.3 is 15.1 Å². The summed E-state index contributed by atoms with van der Waals surface area (Å²) in [5.41, 5.74) is -0.130. The zero-order valence-corrected chi connectivity index (χ0v) is 16.6. The highest BCUT2D eigenvalue weighted by Gasteiger charge is 2.48. The number of halogens is 4. The third-order valence-electron chi connectivity index (χ3n) is 5.18. The van der Waals surface area contributed by atoms with Gasteiger partial charge in [0.1, 0.15) is 10.8 Å². The Morgan fingerprint density at radius 3 is 2.64 bits per heavy atom. The van der Waals surface area contributed by atoms with Crippen molar-refractivity contribution in [2.75, 3.05) is 38.5 Å². The van der Waals surface area contributed by atoms with Crippen LogP contribution in [0.1, 0.15) is 33.9 Å². The Bertz CT molecular complexity index is 861. The van der Waals surface area contributed by atoms with Crippen molar-refractivity contribution in [2.45, 2.75) is 24.7 Å². The quantitative estimate of drug-likeness (QED) is 0.785. The minimum absolute atomic E-state index is 0.0473. The van der Waals surface area contributed by atoms with Crippen LogP contribution in [0.15, 0.2) is 17.5 Å². The first-order valence-electron chi connectivity index (χ1n) is 8.88. The molecule has 0 aliphatic carbocycles. The van der Waals surface area contributed by atoms with E-state index in [1.165, 1.54) is 11.3 Å². The molecular formula is C17H19ClF3N5OS. The topological polar surface area (TPSA) is 53.4 Å². The minimum atomic E-state index is -4.50. The van der Waals surface area contributed by atoms with Gasteiger partial charge in [0.05, 0.1) is 6.04 Å². The fraction of sp³-hybridized carbons (Fsp3) is 0.529. The van der Waals surface area contributed by atoms with Gasteiger partial charge >= 0.3 is 6.18 Å². The van der Waals surface area contributed by atoms with Crippen LogP contribution in [0.3, 0.4) is 0 Å². The van der Waals surface area contributed by atoms with Crippen LogP contribution in [-0.2, 0) is 0 Å². The van der Waals surface area contributed by atoms with Crippen LogP contribution in [0.4, 0.5) is 19.0 Å². The molecule has 2 aromatic heterocycles. The van der Waals surface area contributed by atoms with Crippen molar-refractivity contribution in [3.63, 3.8) is 0 Å². The molecule has 0 unspecified atom stereocenters. The highest BCUT2D eigenvalue weighted by atomic mass is 35.5. The first-order valence-corrected chi connectivity index (χ1v) is 10.1. The van der Waals surface area contributed by atoms with E-state index in [0.717, 1.165) is 9.56 Å². The number of carbonyl (C=O) groups is 1. The lowest BCUT2D eigenvalue weighted by molar-refractivity contribution is -0.173. The summed E-state index contributed by atoms with van der Waals surface area (Å²) < 4.78 is 42.1. The van der Waals surface area contributed by atoms with Crippen LogP contribution >= 0.6 is 22.9 Å². The highest BCUT2D eigenvalue weighted by Crippen LogP contribution is 2.46. The van der Waals surface area contributed by atoms with E-state index in [0.29, 0.717) is 26.2 Å². The van der Waals surface area contributed by atoms with E-state index in [1.54, 1.807) is 17.0 Å². The number of nitrogens with one attached hydrogen (secondary N) is 1. The van der Waals surface area contributed by atoms with Crippen molar-refractivity contribution in [1.82, 2.24) is 19.6 Å². The van der Waals surface area contributed by atoms with E-state index in [-0.39, 0.29) is 23.0 Å². The van der Waals surface area contributed by atoms with Crippen molar-refractivity contribution >= 4 is 34.7 Å². The molecule has 0 bridgehead atoms. The second kappa shape index (κ2) is 7.23. The van der Waals surface area contributed by atoms with Gasteiger partial charge in [-0.25, -0.2) is 4.68 Å². The van der Waals surface area contributed by atoms with Gasteiger partial charge in [0.15, 0.2) is 11.7 Å². The van der Waals surface area contributed by atoms with Gasteiger partial charge in [0.2, 0.25) is 0 Å². The Balaban J connectivity index is 1.69. The van der Waals surface area contributed by atoms with Gasteiger partial charge in [-0.2, -0.15) is 18.3 Å². The summed E-state index contributed by atoms with van der Waals surface area (Å²) in [6, 6.07) is 1.19. The average Bonchev–Trinajstić information content (AvgIpc) is 3.29. The zero-order chi connectivity index (χ0) is 20.1. The molecule has 2 aliphatic heterocycles. The van der Waals surface area contributed by atoms with Crippen molar-refractivity contribution in [3.8, 4) is 0 Å². The molecule has 0 saturated carbocycles. The number of alkyl halides is 3. The summed E-state index contributed by atoms with van der Waals surface area (Å²) in [6.07, 6.45) is -4.72. The van der Waals surface area contributed by atoms with Crippen LogP contribution in [0, 0.1) is 0 Å². The number of piperazine rings is 1. The standard InChI is InChI=1S/C17H19ClF3N5OS/c1-24-4-6-25(7-5-24)16(27)14-13(18)15-22-10(11-3-2-8-28-11)9-12(17(19,20)21)26(15)23-14/h2-3,8,10,12,22H,4-7,9H2,1H3/t10-,12+/m0/s1. The summed E-state index contributed by atoms with van der Waals surface area (Å²) in [4.78, 5) is 17.3. The van der Waals surface area contributed by atoms with Gasteiger partial charge in [0.25, 0.3) is 5.91 Å². The van der Waals surface area contributed by atoms with Crippen molar-refractivity contribution in [2.24, 2.45) is 0 Å². The van der Waals surface area contributed by atoms with Crippen molar-refractivity contribution < 1.29 is 18.0 Å². The lowest BCUT2D eigenvalue weighted by Gasteiger charge is -2.33. The van der Waals surface area contributed by atoms with Gasteiger partial charge in [-0.1, -0.05) is 17.7 Å². The van der Waals surface area contributed by atoms with Gasteiger partial charge in [-0.3, -0.25) is 4.79 Å². The molecule has 2 aromatic rings. The number of carbonyl (C=O) groups excluding carboxylic acids is 1. The van der Waals surface area contributed by atoms with Crippen molar-refractivity contribution in [1.29, 1.82) is 0 Å². The summed E-state index contributed by atoms with van der Waals surface area (Å²) in [5.74, 6) is -0.387. The molecule has 11 heteroatoms. The number of nitrogens with zero attached hydrogens (tertiary/aromatic N) is 4. The number of likely N-dealkylation sites (N-methyl/N-ethyl adjacent to an activating group) is 1. The fourth-order valence-electron chi connectivity index (χ4n) is 3.56. The van der Waals surface area contributed by atoms with E-state index in [1.807, 2.05) is 12.4 Å². The predicted octanol–water partition coefficient (Wildman–Crippen LogP) is 3.65. The molecule has 2 atom stereocenters. The third kappa shape index (κ3) is 3.48. The first-order chi connectivity index (χ1) is 13.3. The number of rotatable bonds is 2. The molecule has 4 rings (SSSR count). The van der Waals surface area contributed by atoms with E-state index in [4.69, 9.17) is 11.6 Å². The molecular weight excluding hydrogens is 415 g/mol. The molecule has 28 heavy (non-hydrogen) atoms. The number of amides is 1. The third-order valence-corrected chi connectivity index (χ3v) is 6.52. The summed E-state index contributed by atoms with van der Waals surface area (Å²) in [5, 5.41) is 8.82. The summed E-state index contributed by atoms with van der Waals surface area (Å²) >= 11 is 7.74. The second-order valence-electron chi connectivity index (χ2n) is 7.06. The number of hydrogen-bond donors (Lipinski definition) is 1. The highest BCUT2D eigenvalue weighted by molar-refractivity contribution is 7.10. The smallest absolute Gasteiger partial charge is 0.361 e. The first kappa shape index (κ1) is 19.5. The maximum atomic E-state index is 13.7. The van der Waals surface area contributed by atoms with Gasteiger partial charge in [-0.15, -0.1) is 11.3 Å². The molecule has 2 aliphatic rings. The SMILES string of the molecule is CN1CCN(C(=O)c2nn3c(c2Cl)N[C@H](c2cccs2)C[C@@H]3C(F)(F)F)CC1. The molecule has 152 valence electrons. The Hall–Kier alpha value is -1.78. The van der Waals surface area contributed by atoms with Crippen LogP contribution < -0.4 is 5.32 Å². The molecule has 1 amide bonds. The molecule has 0 aromatic carbocycles. The fourth-order valence-corrected chi connectivity index (χ4v) is 4.61. The van der Waals surface area contributed by atoms with E-state index >= 15 is 0 Å². The maximum Gasteiger partial charge on any atom is 0.410 e. The summed E-state index contributed by atoms with van der Waals surface area (Å²) in [7, 11) is 1.95. The predicted molar refractivity (Wildman–Crippen MR) is 101 cm³/mol. The van der Waals surface area contributed by atoms with E-state index in [9.17, 15) is 18.0 Å². The maximum absolute atomic E-state index is 13.7. The van der Waals surface area contributed by atoms with Crippen molar-refractivity contribution in [3.05, 3.63) is 33.1 Å². The van der Waals surface area contributed by atoms with Crippen LogP contribution in [0.25, 0.3) is 0 Å². The number of fused-ring (bicyclic) bond motifs is 1. The Labute approximate surface area is 168 Å². The Kier molecular flexibility index (Phi) is 5.05. The Morgan fingerprint density at radius 2 is 2.04 bits per heavy atom. The average molecular weight is 434 g/mol. The molecule has 1 saturated heterocycles. The van der Waals surface area contributed by atoms with Gasteiger partial charge in [-0.05, 0) is 18.5 Å². The summed E-state index contributed by atoms with van der Waals surface area (Å²) in [6.45, 7) is 2.37. The molecule has 6 nitrogen and oxygen atoms in total. The van der Waals surface area contributed by atoms with Crippen LogP contribution in [0.5, 0.6) is 0 Å². The minimum Gasteiger partial charge on any atom is -0.361 e. The normalized spacial score (nSPS) is 23.4. The van der Waals surface area contributed by atoms with Gasteiger partial charge in [0, 0.05) is 37.5 Å². The Morgan fingerprint density at radius 1 is 1.32 bits per heavy atom. The molecule has 1 N–H and O–H groups in total. The number of aromatic nitrogens is 2. The van der Waals surface area contributed by atoms with E-state index < -0.39 is 24.2 Å². The molecule has 0 spiro atoms. The molecule has 1 fully saturated rings. The lowest BCUT2D eigenvalue weighted by Crippen LogP contribution is -2.47. The lowest BCUT2D eigenvalue weighted by atomic mass is 10.0. The zero-order valence-electron chi connectivity index (χ0n) is 15.0. The monoisotopic (exact) mass is 433 g/mol. The molecule has 4 heterocycles. The van der Waals surface area contributed by atoms with Crippen LogP contribution in [0.2, 0.25) is 5.02 Å². The van der Waals surface area contributed by atoms with E-state index in [2.05, 4.69) is 15.3 Å². The number of hydrogen-bond acceptors (Lipinski definition) is 5. The molecule has 0 radical (unpaired) electrons.